The molecule has 1 fully saturated rings. The monoisotopic (exact) mass is 320 g/mol. The number of aliphatic hydroxyl groups excluding tert-OH is 1. The molecule has 1 aliphatic rings. The van der Waals surface area contributed by atoms with Gasteiger partial charge in [-0.05, 0) is 15.9 Å². The van der Waals surface area contributed by atoms with Crippen LogP contribution in [-0.2, 0) is 9.47 Å². The summed E-state index contributed by atoms with van der Waals surface area (Å²) in [6.07, 6.45) is 0.806. The molecule has 1 aromatic rings. The minimum absolute atomic E-state index is 0.185. The van der Waals surface area contributed by atoms with Crippen molar-refractivity contribution in [2.24, 2.45) is 0 Å². The molecule has 1 aromatic heterocycles. The zero-order valence-corrected chi connectivity index (χ0v) is 11.1. The smallest absolute Gasteiger partial charge is 0.330 e. The second-order valence-electron chi connectivity index (χ2n) is 3.90. The van der Waals surface area contributed by atoms with Gasteiger partial charge in [-0.3, -0.25) is 14.3 Å². The van der Waals surface area contributed by atoms with Crippen molar-refractivity contribution in [3.05, 3.63) is 31.5 Å². The van der Waals surface area contributed by atoms with Crippen LogP contribution in [0.1, 0.15) is 12.6 Å². The van der Waals surface area contributed by atoms with Crippen molar-refractivity contribution in [3.63, 3.8) is 0 Å². The minimum atomic E-state index is -0.565. The van der Waals surface area contributed by atoms with Gasteiger partial charge in [-0.15, -0.1) is 0 Å². The predicted molar refractivity (Wildman–Crippen MR) is 65.5 cm³/mol. The second kappa shape index (κ2) is 5.79. The van der Waals surface area contributed by atoms with Crippen LogP contribution in [0.15, 0.2) is 20.3 Å². The van der Waals surface area contributed by atoms with E-state index in [1.54, 1.807) is 0 Å². The molecule has 0 aromatic carbocycles. The minimum Gasteiger partial charge on any atom is -0.394 e. The van der Waals surface area contributed by atoms with Gasteiger partial charge in [0.25, 0.3) is 5.56 Å². The number of aromatic nitrogens is 2. The molecular weight excluding hydrogens is 308 g/mol. The average Bonchev–Trinajstić information content (AvgIpc) is 2.59. The molecule has 2 rings (SSSR count). The molecule has 18 heavy (non-hydrogen) atoms. The zero-order chi connectivity index (χ0) is 13.1. The summed E-state index contributed by atoms with van der Waals surface area (Å²) in [4.78, 5) is 25.1. The molecule has 0 saturated carbocycles. The van der Waals surface area contributed by atoms with Gasteiger partial charge in [0.05, 0.1) is 24.3 Å². The van der Waals surface area contributed by atoms with Gasteiger partial charge in [0.1, 0.15) is 12.3 Å². The third-order valence-electron chi connectivity index (χ3n) is 2.60. The third kappa shape index (κ3) is 2.89. The number of halogens is 1. The molecule has 2 heterocycles. The van der Waals surface area contributed by atoms with Crippen molar-refractivity contribution < 1.29 is 14.6 Å². The first-order valence-corrected chi connectivity index (χ1v) is 6.26. The maximum atomic E-state index is 11.7. The van der Waals surface area contributed by atoms with E-state index in [0.29, 0.717) is 13.0 Å². The number of ether oxygens (including phenoxy) is 2. The van der Waals surface area contributed by atoms with Crippen LogP contribution in [0.5, 0.6) is 0 Å². The summed E-state index contributed by atoms with van der Waals surface area (Å²) in [7, 11) is 0. The van der Waals surface area contributed by atoms with Crippen LogP contribution in [0.3, 0.4) is 0 Å². The normalized spacial score (nSPS) is 24.8. The maximum Gasteiger partial charge on any atom is 0.330 e. The number of hydrogen-bond acceptors (Lipinski definition) is 5. The highest BCUT2D eigenvalue weighted by atomic mass is 79.9. The van der Waals surface area contributed by atoms with Crippen molar-refractivity contribution in [3.8, 4) is 0 Å². The van der Waals surface area contributed by atoms with E-state index in [0.717, 1.165) is 0 Å². The Morgan fingerprint density at radius 3 is 3.06 bits per heavy atom. The largest absolute Gasteiger partial charge is 0.394 e. The summed E-state index contributed by atoms with van der Waals surface area (Å²) < 4.78 is 12.4. The van der Waals surface area contributed by atoms with Gasteiger partial charge in [-0.2, -0.15) is 0 Å². The highest BCUT2D eigenvalue weighted by Gasteiger charge is 2.23. The van der Waals surface area contributed by atoms with Gasteiger partial charge in [-0.25, -0.2) is 4.79 Å². The Labute approximate surface area is 110 Å². The molecule has 0 amide bonds. The van der Waals surface area contributed by atoms with Crippen molar-refractivity contribution in [2.45, 2.75) is 18.8 Å². The van der Waals surface area contributed by atoms with E-state index >= 15 is 0 Å². The highest BCUT2D eigenvalue weighted by molar-refractivity contribution is 9.10. The zero-order valence-electron chi connectivity index (χ0n) is 9.47. The summed E-state index contributed by atoms with van der Waals surface area (Å²) in [5.41, 5.74) is -1.04. The molecule has 2 atom stereocenters. The summed E-state index contributed by atoms with van der Waals surface area (Å²) in [6, 6.07) is 0. The molecule has 0 radical (unpaired) electrons. The van der Waals surface area contributed by atoms with Gasteiger partial charge < -0.3 is 14.6 Å². The molecule has 0 aliphatic carbocycles. The van der Waals surface area contributed by atoms with E-state index in [2.05, 4.69) is 20.9 Å². The van der Waals surface area contributed by atoms with E-state index in [4.69, 9.17) is 14.6 Å². The number of rotatable bonds is 2. The van der Waals surface area contributed by atoms with Gasteiger partial charge in [0, 0.05) is 12.6 Å². The number of aliphatic hydroxyl groups is 1. The topological polar surface area (TPSA) is 93.6 Å². The lowest BCUT2D eigenvalue weighted by Crippen LogP contribution is -2.35. The average molecular weight is 321 g/mol. The molecule has 100 valence electrons. The molecule has 0 spiro atoms. The predicted octanol–water partition coefficient (Wildman–Crippen LogP) is -0.404. The van der Waals surface area contributed by atoms with Crippen molar-refractivity contribution >= 4 is 15.9 Å². The van der Waals surface area contributed by atoms with Gasteiger partial charge in [0.15, 0.2) is 0 Å². The van der Waals surface area contributed by atoms with Crippen molar-refractivity contribution in [1.29, 1.82) is 0 Å². The summed E-state index contributed by atoms with van der Waals surface area (Å²) in [5, 5.41) is 9.09. The molecule has 1 saturated heterocycles. The fraction of sp³-hybridized carbons (Fsp3) is 0.600. The fourth-order valence-corrected chi connectivity index (χ4v) is 2.02. The SMILES string of the molecule is O=c1[nH]c(=O)n([C@@H]2CCOC[C@@H](CO)O2)cc1Br. The van der Waals surface area contributed by atoms with E-state index < -0.39 is 23.6 Å². The Hall–Kier alpha value is -0.960. The van der Waals surface area contributed by atoms with Crippen molar-refractivity contribution in [2.75, 3.05) is 19.8 Å². The number of aromatic amines is 1. The standard InChI is InChI=1S/C10H13BrN2O5/c11-7-3-13(10(16)12-9(7)15)8-1-2-17-5-6(4-14)18-8/h3,6,8,14H,1-2,4-5H2,(H,12,15,16)/t6-,8+/m1/s1. The quantitative estimate of drug-likeness (QED) is 0.773. The number of nitrogens with one attached hydrogen (secondary N) is 1. The third-order valence-corrected chi connectivity index (χ3v) is 3.17. The molecule has 0 unspecified atom stereocenters. The fourth-order valence-electron chi connectivity index (χ4n) is 1.70. The van der Waals surface area contributed by atoms with E-state index in [1.165, 1.54) is 10.8 Å². The number of nitrogens with zero attached hydrogens (tertiary/aromatic N) is 1. The Morgan fingerprint density at radius 1 is 1.56 bits per heavy atom. The van der Waals surface area contributed by atoms with Crippen LogP contribution >= 0.6 is 15.9 Å². The van der Waals surface area contributed by atoms with Crippen LogP contribution in [-0.4, -0.2) is 40.6 Å². The number of H-pyrrole nitrogens is 1. The Kier molecular flexibility index (Phi) is 4.33. The first kappa shape index (κ1) is 13.5. The number of hydrogen-bond donors (Lipinski definition) is 2. The molecule has 2 N–H and O–H groups in total. The van der Waals surface area contributed by atoms with Gasteiger partial charge >= 0.3 is 5.69 Å². The van der Waals surface area contributed by atoms with Gasteiger partial charge in [-0.1, -0.05) is 0 Å². The van der Waals surface area contributed by atoms with Crippen LogP contribution in [0.4, 0.5) is 0 Å². The lowest BCUT2D eigenvalue weighted by molar-refractivity contribution is -0.0766. The summed E-state index contributed by atoms with van der Waals surface area (Å²) in [5.74, 6) is 0. The molecule has 8 heteroatoms. The highest BCUT2D eigenvalue weighted by Crippen LogP contribution is 2.18. The van der Waals surface area contributed by atoms with Crippen LogP contribution < -0.4 is 11.2 Å². The Bertz CT molecular complexity index is 526. The molecule has 0 bridgehead atoms. The molecule has 7 nitrogen and oxygen atoms in total. The van der Waals surface area contributed by atoms with Crippen LogP contribution in [0, 0.1) is 0 Å². The Balaban J connectivity index is 2.32. The van der Waals surface area contributed by atoms with Crippen LogP contribution in [0.2, 0.25) is 0 Å². The lowest BCUT2D eigenvalue weighted by Gasteiger charge is -2.21. The first-order valence-electron chi connectivity index (χ1n) is 5.47. The lowest BCUT2D eigenvalue weighted by atomic mass is 10.3. The Morgan fingerprint density at radius 2 is 2.33 bits per heavy atom. The summed E-state index contributed by atoms with van der Waals surface area (Å²) in [6.45, 7) is 0.520. The van der Waals surface area contributed by atoms with Crippen molar-refractivity contribution in [1.82, 2.24) is 9.55 Å². The first-order chi connectivity index (χ1) is 8.61. The van der Waals surface area contributed by atoms with E-state index in [9.17, 15) is 9.59 Å². The summed E-state index contributed by atoms with van der Waals surface area (Å²) >= 11 is 3.06. The van der Waals surface area contributed by atoms with E-state index in [-0.39, 0.29) is 17.7 Å². The maximum absolute atomic E-state index is 11.7. The second-order valence-corrected chi connectivity index (χ2v) is 4.76. The van der Waals surface area contributed by atoms with Crippen LogP contribution in [0.25, 0.3) is 0 Å². The molecule has 1 aliphatic heterocycles. The van der Waals surface area contributed by atoms with Gasteiger partial charge in [0.2, 0.25) is 0 Å². The van der Waals surface area contributed by atoms with E-state index in [1.807, 2.05) is 0 Å². The molecular formula is C10H13BrN2O5.